The SMILES string of the molecule is CCS(=O)(=O)CCCC(N)Cc1cccc(F)c1F. The molecule has 0 amide bonds. The third-order valence-corrected chi connectivity index (χ3v) is 4.77. The fourth-order valence-corrected chi connectivity index (χ4v) is 2.70. The molecule has 0 aromatic heterocycles. The van der Waals surface area contributed by atoms with Gasteiger partial charge in [-0.15, -0.1) is 0 Å². The lowest BCUT2D eigenvalue weighted by Crippen LogP contribution is -2.24. The van der Waals surface area contributed by atoms with E-state index in [4.69, 9.17) is 5.73 Å². The van der Waals surface area contributed by atoms with Crippen LogP contribution in [0.2, 0.25) is 0 Å². The van der Waals surface area contributed by atoms with E-state index in [1.54, 1.807) is 6.92 Å². The van der Waals surface area contributed by atoms with Gasteiger partial charge in [-0.05, 0) is 30.9 Å². The number of benzene rings is 1. The highest BCUT2D eigenvalue weighted by molar-refractivity contribution is 7.91. The first-order valence-electron chi connectivity index (χ1n) is 6.24. The Bertz CT molecular complexity index is 517. The average molecular weight is 291 g/mol. The van der Waals surface area contributed by atoms with Gasteiger partial charge in [0, 0.05) is 11.8 Å². The van der Waals surface area contributed by atoms with Crippen LogP contribution in [0.1, 0.15) is 25.3 Å². The summed E-state index contributed by atoms with van der Waals surface area (Å²) in [5.74, 6) is -1.57. The summed E-state index contributed by atoms with van der Waals surface area (Å²) >= 11 is 0. The zero-order valence-electron chi connectivity index (χ0n) is 10.9. The van der Waals surface area contributed by atoms with Gasteiger partial charge in [0.05, 0.1) is 5.75 Å². The molecule has 3 nitrogen and oxygen atoms in total. The van der Waals surface area contributed by atoms with Crippen molar-refractivity contribution >= 4 is 9.84 Å². The lowest BCUT2D eigenvalue weighted by Gasteiger charge is -2.12. The molecule has 1 aromatic carbocycles. The molecule has 0 saturated heterocycles. The van der Waals surface area contributed by atoms with E-state index >= 15 is 0 Å². The number of nitrogens with two attached hydrogens (primary N) is 1. The van der Waals surface area contributed by atoms with Gasteiger partial charge in [0.2, 0.25) is 0 Å². The minimum absolute atomic E-state index is 0.0861. The van der Waals surface area contributed by atoms with Crippen molar-refractivity contribution in [1.82, 2.24) is 0 Å². The summed E-state index contributed by atoms with van der Waals surface area (Å²) in [5.41, 5.74) is 6.04. The summed E-state index contributed by atoms with van der Waals surface area (Å²) < 4.78 is 49.0. The molecule has 108 valence electrons. The average Bonchev–Trinajstić information content (AvgIpc) is 2.35. The Morgan fingerprint density at radius 1 is 1.32 bits per heavy atom. The maximum atomic E-state index is 13.4. The third-order valence-electron chi connectivity index (χ3n) is 2.98. The molecule has 0 radical (unpaired) electrons. The molecule has 0 aliphatic rings. The van der Waals surface area contributed by atoms with Crippen LogP contribution in [0, 0.1) is 11.6 Å². The van der Waals surface area contributed by atoms with Gasteiger partial charge < -0.3 is 5.73 Å². The highest BCUT2D eigenvalue weighted by Crippen LogP contribution is 2.14. The van der Waals surface area contributed by atoms with Gasteiger partial charge in [0.15, 0.2) is 11.6 Å². The van der Waals surface area contributed by atoms with Crippen LogP contribution in [0.15, 0.2) is 18.2 Å². The molecule has 1 atom stereocenters. The maximum absolute atomic E-state index is 13.4. The first kappa shape index (κ1) is 16.0. The predicted molar refractivity (Wildman–Crippen MR) is 71.6 cm³/mol. The molecule has 6 heteroatoms. The van der Waals surface area contributed by atoms with Crippen molar-refractivity contribution in [3.8, 4) is 0 Å². The normalized spacial score (nSPS) is 13.5. The molecule has 0 spiro atoms. The van der Waals surface area contributed by atoms with Gasteiger partial charge in [-0.1, -0.05) is 19.1 Å². The van der Waals surface area contributed by atoms with E-state index in [-0.39, 0.29) is 29.5 Å². The molecule has 0 saturated carbocycles. The summed E-state index contributed by atoms with van der Waals surface area (Å²) in [7, 11) is -2.99. The van der Waals surface area contributed by atoms with Crippen LogP contribution in [-0.2, 0) is 16.3 Å². The Morgan fingerprint density at radius 2 is 2.00 bits per heavy atom. The summed E-state index contributed by atoms with van der Waals surface area (Å²) in [6, 6.07) is 3.60. The van der Waals surface area contributed by atoms with Gasteiger partial charge in [-0.2, -0.15) is 0 Å². The quantitative estimate of drug-likeness (QED) is 0.836. The Balaban J connectivity index is 2.48. The minimum Gasteiger partial charge on any atom is -0.327 e. The molecule has 1 aromatic rings. The highest BCUT2D eigenvalue weighted by atomic mass is 32.2. The molecular formula is C13H19F2NO2S. The molecule has 1 unspecified atom stereocenters. The van der Waals surface area contributed by atoms with Crippen LogP contribution in [0.3, 0.4) is 0 Å². The van der Waals surface area contributed by atoms with Gasteiger partial charge in [0.1, 0.15) is 9.84 Å². The van der Waals surface area contributed by atoms with E-state index in [9.17, 15) is 17.2 Å². The second-order valence-electron chi connectivity index (χ2n) is 4.56. The lowest BCUT2D eigenvalue weighted by atomic mass is 10.0. The summed E-state index contributed by atoms with van der Waals surface area (Å²) in [4.78, 5) is 0. The van der Waals surface area contributed by atoms with Crippen LogP contribution in [0.25, 0.3) is 0 Å². The van der Waals surface area contributed by atoms with Crippen molar-refractivity contribution in [2.45, 2.75) is 32.2 Å². The van der Waals surface area contributed by atoms with Crippen molar-refractivity contribution in [3.63, 3.8) is 0 Å². The molecular weight excluding hydrogens is 272 g/mol. The molecule has 0 bridgehead atoms. The first-order chi connectivity index (χ1) is 8.85. The zero-order valence-corrected chi connectivity index (χ0v) is 11.7. The van der Waals surface area contributed by atoms with Crippen molar-refractivity contribution < 1.29 is 17.2 Å². The number of rotatable bonds is 7. The molecule has 0 aliphatic carbocycles. The highest BCUT2D eigenvalue weighted by Gasteiger charge is 2.13. The van der Waals surface area contributed by atoms with Crippen LogP contribution in [0.5, 0.6) is 0 Å². The zero-order chi connectivity index (χ0) is 14.5. The molecule has 2 N–H and O–H groups in total. The Hall–Kier alpha value is -1.01. The van der Waals surface area contributed by atoms with Crippen LogP contribution in [-0.4, -0.2) is 26.0 Å². The van der Waals surface area contributed by atoms with Crippen LogP contribution < -0.4 is 5.73 Å². The largest absolute Gasteiger partial charge is 0.327 e. The van der Waals surface area contributed by atoms with E-state index in [2.05, 4.69) is 0 Å². The summed E-state index contributed by atoms with van der Waals surface area (Å²) in [6.07, 6.45) is 1.11. The number of hydrogen-bond acceptors (Lipinski definition) is 3. The fraction of sp³-hybridized carbons (Fsp3) is 0.538. The van der Waals surface area contributed by atoms with Crippen LogP contribution in [0.4, 0.5) is 8.78 Å². The second-order valence-corrected chi connectivity index (χ2v) is 7.03. The van der Waals surface area contributed by atoms with E-state index in [1.807, 2.05) is 0 Å². The monoisotopic (exact) mass is 291 g/mol. The Morgan fingerprint density at radius 3 is 2.63 bits per heavy atom. The van der Waals surface area contributed by atoms with Crippen molar-refractivity contribution in [3.05, 3.63) is 35.4 Å². The second kappa shape index (κ2) is 6.96. The minimum atomic E-state index is -2.99. The van der Waals surface area contributed by atoms with E-state index in [1.165, 1.54) is 12.1 Å². The topological polar surface area (TPSA) is 60.2 Å². The van der Waals surface area contributed by atoms with Crippen molar-refractivity contribution in [2.75, 3.05) is 11.5 Å². The Labute approximate surface area is 112 Å². The van der Waals surface area contributed by atoms with Gasteiger partial charge in [-0.25, -0.2) is 17.2 Å². The standard InChI is InChI=1S/C13H19F2NO2S/c1-2-19(17,18)8-4-6-11(16)9-10-5-3-7-12(14)13(10)15/h3,5,7,11H,2,4,6,8-9,16H2,1H3. The first-order valence-corrected chi connectivity index (χ1v) is 8.06. The van der Waals surface area contributed by atoms with Gasteiger partial charge >= 0.3 is 0 Å². The van der Waals surface area contributed by atoms with Crippen molar-refractivity contribution in [1.29, 1.82) is 0 Å². The number of hydrogen-bond donors (Lipinski definition) is 1. The molecule has 0 heterocycles. The predicted octanol–water partition coefficient (Wildman–Crippen LogP) is 2.05. The smallest absolute Gasteiger partial charge is 0.162 e. The van der Waals surface area contributed by atoms with Gasteiger partial charge in [-0.3, -0.25) is 0 Å². The van der Waals surface area contributed by atoms with E-state index < -0.39 is 21.5 Å². The van der Waals surface area contributed by atoms with Crippen molar-refractivity contribution in [2.24, 2.45) is 5.73 Å². The summed E-state index contributed by atoms with van der Waals surface area (Å²) in [6.45, 7) is 1.59. The lowest BCUT2D eigenvalue weighted by molar-refractivity contribution is 0.489. The molecule has 19 heavy (non-hydrogen) atoms. The summed E-state index contributed by atoms with van der Waals surface area (Å²) in [5, 5.41) is 0. The molecule has 0 fully saturated rings. The van der Waals surface area contributed by atoms with E-state index in [0.717, 1.165) is 6.07 Å². The van der Waals surface area contributed by atoms with Gasteiger partial charge in [0.25, 0.3) is 0 Å². The Kier molecular flexibility index (Phi) is 5.87. The molecule has 1 rings (SSSR count). The number of halogens is 2. The fourth-order valence-electron chi connectivity index (χ4n) is 1.80. The molecule has 0 aliphatic heterocycles. The number of sulfone groups is 1. The third kappa shape index (κ3) is 5.24. The van der Waals surface area contributed by atoms with Crippen LogP contribution >= 0.6 is 0 Å². The maximum Gasteiger partial charge on any atom is 0.162 e. The van der Waals surface area contributed by atoms with E-state index in [0.29, 0.717) is 12.8 Å².